The summed E-state index contributed by atoms with van der Waals surface area (Å²) < 4.78 is 30.1. The topological polar surface area (TPSA) is 20.7 Å². The van der Waals surface area contributed by atoms with E-state index in [2.05, 4.69) is 36.2 Å². The lowest BCUT2D eigenvalue weighted by molar-refractivity contribution is 0.571. The molecule has 0 aliphatic carbocycles. The Labute approximate surface area is 167 Å². The van der Waals surface area contributed by atoms with E-state index in [9.17, 15) is 8.78 Å². The number of hydrogen-bond acceptors (Lipinski definition) is 0. The highest BCUT2D eigenvalue weighted by atomic mass is 19.1. The lowest BCUT2D eigenvalue weighted by atomic mass is 9.96. The third-order valence-electron chi connectivity index (χ3n) is 5.33. The fraction of sp³-hybridized carbons (Fsp3) is 0.0400. The van der Waals surface area contributed by atoms with Crippen molar-refractivity contribution in [1.29, 1.82) is 0 Å². The van der Waals surface area contributed by atoms with E-state index in [1.807, 2.05) is 36.5 Å². The molecule has 142 valence electrons. The number of rotatable bonds is 3. The van der Waals surface area contributed by atoms with Crippen molar-refractivity contribution in [1.82, 2.24) is 9.55 Å². The second-order valence-corrected chi connectivity index (χ2v) is 7.14. The van der Waals surface area contributed by atoms with Gasteiger partial charge in [0.05, 0.1) is 5.52 Å². The predicted octanol–water partition coefficient (Wildman–Crippen LogP) is 6.88. The normalized spacial score (nSPS) is 11.3. The number of benzene rings is 3. The Kier molecular flexibility index (Phi) is 4.06. The van der Waals surface area contributed by atoms with Crippen LogP contribution >= 0.6 is 0 Å². The molecule has 0 aliphatic heterocycles. The van der Waals surface area contributed by atoms with E-state index in [-0.39, 0.29) is 5.69 Å². The van der Waals surface area contributed by atoms with E-state index in [4.69, 9.17) is 0 Å². The molecule has 0 saturated heterocycles. The van der Waals surface area contributed by atoms with Gasteiger partial charge in [-0.05, 0) is 77.7 Å². The number of nitrogens with zero attached hydrogens (tertiary/aromatic N) is 1. The van der Waals surface area contributed by atoms with E-state index >= 15 is 0 Å². The Hall–Kier alpha value is -3.66. The summed E-state index contributed by atoms with van der Waals surface area (Å²) in [5.74, 6) is -1.16. The monoisotopic (exact) mass is 384 g/mol. The first kappa shape index (κ1) is 17.4. The zero-order chi connectivity index (χ0) is 20.0. The van der Waals surface area contributed by atoms with Crippen LogP contribution in [0.25, 0.3) is 39.0 Å². The van der Waals surface area contributed by atoms with Crippen LogP contribution in [0.3, 0.4) is 0 Å². The van der Waals surface area contributed by atoms with Crippen LogP contribution in [0.1, 0.15) is 5.56 Å². The van der Waals surface area contributed by atoms with Crippen LogP contribution in [-0.2, 0) is 0 Å². The Morgan fingerprint density at radius 3 is 2.34 bits per heavy atom. The fourth-order valence-electron chi connectivity index (χ4n) is 3.83. The largest absolute Gasteiger partial charge is 0.361 e. The second kappa shape index (κ2) is 6.74. The molecule has 0 amide bonds. The van der Waals surface area contributed by atoms with Gasteiger partial charge < -0.3 is 9.55 Å². The van der Waals surface area contributed by atoms with Crippen LogP contribution in [0.2, 0.25) is 0 Å². The quantitative estimate of drug-likeness (QED) is 0.350. The molecule has 0 radical (unpaired) electrons. The van der Waals surface area contributed by atoms with Gasteiger partial charge in [0, 0.05) is 23.5 Å². The third kappa shape index (κ3) is 2.93. The van der Waals surface area contributed by atoms with Crippen LogP contribution in [0, 0.1) is 18.6 Å². The summed E-state index contributed by atoms with van der Waals surface area (Å²) in [6, 6.07) is 22.2. The second-order valence-electron chi connectivity index (χ2n) is 7.14. The van der Waals surface area contributed by atoms with E-state index < -0.39 is 11.6 Å². The minimum Gasteiger partial charge on any atom is -0.361 e. The number of para-hydroxylation sites is 1. The molecule has 2 heterocycles. The summed E-state index contributed by atoms with van der Waals surface area (Å²) in [5, 5.41) is 0.926. The van der Waals surface area contributed by atoms with Gasteiger partial charge in [0.2, 0.25) is 0 Å². The maximum absolute atomic E-state index is 14.3. The van der Waals surface area contributed by atoms with Gasteiger partial charge in [0.1, 0.15) is 17.3 Å². The van der Waals surface area contributed by atoms with Crippen molar-refractivity contribution in [2.24, 2.45) is 0 Å². The molecule has 5 rings (SSSR count). The van der Waals surface area contributed by atoms with Crippen LogP contribution in [-0.4, -0.2) is 9.55 Å². The van der Waals surface area contributed by atoms with Gasteiger partial charge in [-0.15, -0.1) is 0 Å². The smallest absolute Gasteiger partial charge is 0.150 e. The predicted molar refractivity (Wildman–Crippen MR) is 113 cm³/mol. The van der Waals surface area contributed by atoms with Crippen molar-refractivity contribution < 1.29 is 8.78 Å². The standard InChI is InChI=1S/C25H18F2N2/c1-16-7-8-18(23-6-3-12-28-23)15-20(16)17-9-10-24-19(14-17)11-13-29(24)25-21(26)4-2-5-22(25)27/h2-15,28H,1H3. The van der Waals surface area contributed by atoms with Crippen molar-refractivity contribution in [2.75, 3.05) is 0 Å². The summed E-state index contributed by atoms with van der Waals surface area (Å²) in [6.07, 6.45) is 3.61. The molecule has 0 atom stereocenters. The first-order valence-electron chi connectivity index (χ1n) is 9.42. The molecule has 0 saturated carbocycles. The van der Waals surface area contributed by atoms with E-state index in [0.29, 0.717) is 0 Å². The van der Waals surface area contributed by atoms with E-state index in [1.54, 1.807) is 10.8 Å². The highest BCUT2D eigenvalue weighted by Gasteiger charge is 2.14. The summed E-state index contributed by atoms with van der Waals surface area (Å²) in [5.41, 5.74) is 6.24. The number of fused-ring (bicyclic) bond motifs is 1. The maximum Gasteiger partial charge on any atom is 0.150 e. The summed E-state index contributed by atoms with van der Waals surface area (Å²) in [7, 11) is 0. The van der Waals surface area contributed by atoms with Crippen molar-refractivity contribution in [3.05, 3.63) is 102 Å². The SMILES string of the molecule is Cc1ccc(-c2ccc[nH]2)cc1-c1ccc2c(ccn2-c2c(F)cccc2F)c1. The number of aromatic nitrogens is 2. The van der Waals surface area contributed by atoms with Crippen LogP contribution in [0.5, 0.6) is 0 Å². The number of nitrogens with one attached hydrogen (secondary N) is 1. The van der Waals surface area contributed by atoms with Gasteiger partial charge in [0.25, 0.3) is 0 Å². The number of halogens is 2. The molecule has 1 N–H and O–H groups in total. The molecule has 0 fully saturated rings. The number of aromatic amines is 1. The Balaban J connectivity index is 1.63. The summed E-state index contributed by atoms with van der Waals surface area (Å²) in [6.45, 7) is 2.08. The van der Waals surface area contributed by atoms with E-state index in [1.165, 1.54) is 23.8 Å². The van der Waals surface area contributed by atoms with Gasteiger partial charge in [-0.2, -0.15) is 0 Å². The van der Waals surface area contributed by atoms with Crippen molar-refractivity contribution >= 4 is 10.9 Å². The van der Waals surface area contributed by atoms with Gasteiger partial charge >= 0.3 is 0 Å². The van der Waals surface area contributed by atoms with Gasteiger partial charge in [-0.3, -0.25) is 0 Å². The maximum atomic E-state index is 14.3. The first-order valence-corrected chi connectivity index (χ1v) is 9.42. The summed E-state index contributed by atoms with van der Waals surface area (Å²) in [4.78, 5) is 3.24. The number of hydrogen-bond donors (Lipinski definition) is 1. The molecule has 0 spiro atoms. The Morgan fingerprint density at radius 2 is 1.59 bits per heavy atom. The molecule has 29 heavy (non-hydrogen) atoms. The minimum absolute atomic E-state index is 0.0554. The van der Waals surface area contributed by atoms with Crippen molar-refractivity contribution in [2.45, 2.75) is 6.92 Å². The van der Waals surface area contributed by atoms with Gasteiger partial charge in [0.15, 0.2) is 0 Å². The van der Waals surface area contributed by atoms with E-state index in [0.717, 1.165) is 33.3 Å². The molecule has 5 aromatic rings. The molecular weight excluding hydrogens is 366 g/mol. The number of H-pyrrole nitrogens is 1. The Morgan fingerprint density at radius 1 is 0.793 bits per heavy atom. The number of aryl methyl sites for hydroxylation is 1. The Bertz CT molecular complexity index is 1310. The van der Waals surface area contributed by atoms with Crippen LogP contribution < -0.4 is 0 Å². The molecule has 0 unspecified atom stereocenters. The lowest BCUT2D eigenvalue weighted by Gasteiger charge is -2.11. The summed E-state index contributed by atoms with van der Waals surface area (Å²) >= 11 is 0. The zero-order valence-corrected chi connectivity index (χ0v) is 15.8. The zero-order valence-electron chi connectivity index (χ0n) is 15.8. The third-order valence-corrected chi connectivity index (χ3v) is 5.33. The molecular formula is C25H18F2N2. The van der Waals surface area contributed by atoms with Crippen LogP contribution in [0.4, 0.5) is 8.78 Å². The molecule has 0 aliphatic rings. The van der Waals surface area contributed by atoms with Gasteiger partial charge in [-0.25, -0.2) is 8.78 Å². The average molecular weight is 384 g/mol. The van der Waals surface area contributed by atoms with Crippen molar-refractivity contribution in [3.63, 3.8) is 0 Å². The lowest BCUT2D eigenvalue weighted by Crippen LogP contribution is -1.99. The van der Waals surface area contributed by atoms with Gasteiger partial charge in [-0.1, -0.05) is 24.3 Å². The minimum atomic E-state index is -0.582. The molecule has 0 bridgehead atoms. The molecule has 4 heteroatoms. The highest BCUT2D eigenvalue weighted by Crippen LogP contribution is 2.32. The molecule has 3 aromatic carbocycles. The molecule has 2 nitrogen and oxygen atoms in total. The first-order chi connectivity index (χ1) is 14.1. The molecule has 2 aromatic heterocycles. The highest BCUT2D eigenvalue weighted by molar-refractivity contribution is 5.88. The van der Waals surface area contributed by atoms with Crippen molar-refractivity contribution in [3.8, 4) is 28.1 Å². The fourth-order valence-corrected chi connectivity index (χ4v) is 3.83. The van der Waals surface area contributed by atoms with Crippen LogP contribution in [0.15, 0.2) is 85.2 Å². The average Bonchev–Trinajstić information content (AvgIpc) is 3.38.